The lowest BCUT2D eigenvalue weighted by Crippen LogP contribution is -2.36. The minimum Gasteiger partial charge on any atom is -0.364 e. The molecule has 5 nitrogen and oxygen atoms in total. The summed E-state index contributed by atoms with van der Waals surface area (Å²) in [6.07, 6.45) is 8.35. The van der Waals surface area contributed by atoms with Crippen LogP contribution in [-0.2, 0) is 0 Å². The molecule has 2 heterocycles. The molecule has 0 spiro atoms. The van der Waals surface area contributed by atoms with Crippen molar-refractivity contribution in [3.63, 3.8) is 0 Å². The first kappa shape index (κ1) is 13.6. The summed E-state index contributed by atoms with van der Waals surface area (Å²) in [5.41, 5.74) is 0.0299. The van der Waals surface area contributed by atoms with Crippen molar-refractivity contribution >= 4 is 5.82 Å². The summed E-state index contributed by atoms with van der Waals surface area (Å²) in [6.45, 7) is 6.47. The van der Waals surface area contributed by atoms with Crippen molar-refractivity contribution in [1.29, 1.82) is 0 Å². The number of hydrogen-bond donors (Lipinski definition) is 1. The predicted octanol–water partition coefficient (Wildman–Crippen LogP) is 1.72. The van der Waals surface area contributed by atoms with Crippen molar-refractivity contribution in [2.75, 3.05) is 31.5 Å². The Bertz CT molecular complexity index is 501. The number of aromatic nitrogens is 2. The standard InChI is InChI=1S/C15H24N4O/c1-12-4-8-18(9-5-12)10-6-16-14-15(20)19(11-7-17-14)13-2-3-13/h7,11-13H,2-6,8-10H2,1H3,(H,16,17). The second-order valence-electron chi connectivity index (χ2n) is 6.17. The van der Waals surface area contributed by atoms with Gasteiger partial charge in [-0.05, 0) is 44.7 Å². The third kappa shape index (κ3) is 3.20. The topological polar surface area (TPSA) is 50.2 Å². The molecule has 110 valence electrons. The van der Waals surface area contributed by atoms with Gasteiger partial charge in [-0.15, -0.1) is 0 Å². The van der Waals surface area contributed by atoms with Crippen molar-refractivity contribution in [2.24, 2.45) is 5.92 Å². The zero-order valence-electron chi connectivity index (χ0n) is 12.2. The normalized spacial score (nSPS) is 21.1. The quantitative estimate of drug-likeness (QED) is 0.889. The van der Waals surface area contributed by atoms with Crippen LogP contribution in [0.5, 0.6) is 0 Å². The van der Waals surface area contributed by atoms with Gasteiger partial charge in [0.25, 0.3) is 5.56 Å². The molecular formula is C15H24N4O. The summed E-state index contributed by atoms with van der Waals surface area (Å²) in [7, 11) is 0. The number of rotatable bonds is 5. The van der Waals surface area contributed by atoms with Crippen LogP contribution in [0.4, 0.5) is 5.82 Å². The lowest BCUT2D eigenvalue weighted by Gasteiger charge is -2.30. The number of likely N-dealkylation sites (tertiary alicyclic amines) is 1. The largest absolute Gasteiger partial charge is 0.364 e. The maximum atomic E-state index is 12.2. The molecule has 1 saturated heterocycles. The van der Waals surface area contributed by atoms with E-state index >= 15 is 0 Å². The first-order valence-electron chi connectivity index (χ1n) is 7.77. The first-order chi connectivity index (χ1) is 9.74. The molecule has 5 heteroatoms. The van der Waals surface area contributed by atoms with Gasteiger partial charge in [-0.25, -0.2) is 4.98 Å². The maximum absolute atomic E-state index is 12.2. The van der Waals surface area contributed by atoms with Gasteiger partial charge in [0.15, 0.2) is 5.82 Å². The molecule has 1 aliphatic carbocycles. The second kappa shape index (κ2) is 5.95. The van der Waals surface area contributed by atoms with E-state index in [4.69, 9.17) is 0 Å². The Morgan fingerprint density at radius 3 is 2.75 bits per heavy atom. The predicted molar refractivity (Wildman–Crippen MR) is 80.1 cm³/mol. The van der Waals surface area contributed by atoms with Crippen molar-refractivity contribution in [3.05, 3.63) is 22.7 Å². The zero-order valence-corrected chi connectivity index (χ0v) is 12.2. The van der Waals surface area contributed by atoms with Gasteiger partial charge >= 0.3 is 0 Å². The molecule has 20 heavy (non-hydrogen) atoms. The van der Waals surface area contributed by atoms with Gasteiger partial charge in [-0.3, -0.25) is 4.79 Å². The fraction of sp³-hybridized carbons (Fsp3) is 0.733. The van der Waals surface area contributed by atoms with E-state index in [2.05, 4.69) is 22.1 Å². The van der Waals surface area contributed by atoms with E-state index in [0.717, 1.165) is 31.8 Å². The summed E-state index contributed by atoms with van der Waals surface area (Å²) in [4.78, 5) is 18.8. The average Bonchev–Trinajstić information content (AvgIpc) is 3.27. The number of nitrogens with zero attached hydrogens (tertiary/aromatic N) is 3. The summed E-state index contributed by atoms with van der Waals surface area (Å²) >= 11 is 0. The van der Waals surface area contributed by atoms with E-state index in [1.165, 1.54) is 25.9 Å². The zero-order chi connectivity index (χ0) is 13.9. The highest BCUT2D eigenvalue weighted by molar-refractivity contribution is 5.31. The van der Waals surface area contributed by atoms with Crippen LogP contribution in [0, 0.1) is 5.92 Å². The van der Waals surface area contributed by atoms with Crippen LogP contribution < -0.4 is 10.9 Å². The van der Waals surface area contributed by atoms with Gasteiger partial charge in [0, 0.05) is 31.5 Å². The van der Waals surface area contributed by atoms with Crippen molar-refractivity contribution in [1.82, 2.24) is 14.5 Å². The van der Waals surface area contributed by atoms with Crippen LogP contribution >= 0.6 is 0 Å². The molecule has 1 N–H and O–H groups in total. The fourth-order valence-corrected chi connectivity index (χ4v) is 2.80. The summed E-state index contributed by atoms with van der Waals surface area (Å²) in [6, 6.07) is 0.412. The molecular weight excluding hydrogens is 252 g/mol. The first-order valence-corrected chi connectivity index (χ1v) is 7.77. The van der Waals surface area contributed by atoms with Crippen LogP contribution in [0.1, 0.15) is 38.6 Å². The minimum atomic E-state index is 0.0299. The van der Waals surface area contributed by atoms with E-state index in [1.54, 1.807) is 12.4 Å². The van der Waals surface area contributed by atoms with Crippen LogP contribution in [-0.4, -0.2) is 40.6 Å². The smallest absolute Gasteiger partial charge is 0.293 e. The van der Waals surface area contributed by atoms with E-state index in [-0.39, 0.29) is 5.56 Å². The number of anilines is 1. The third-order valence-corrected chi connectivity index (χ3v) is 4.40. The molecule has 0 radical (unpaired) electrons. The molecule has 0 amide bonds. The van der Waals surface area contributed by atoms with Crippen molar-refractivity contribution < 1.29 is 0 Å². The molecule has 1 saturated carbocycles. The molecule has 0 atom stereocenters. The van der Waals surface area contributed by atoms with Crippen LogP contribution in [0.2, 0.25) is 0 Å². The number of hydrogen-bond acceptors (Lipinski definition) is 4. The van der Waals surface area contributed by atoms with Crippen LogP contribution in [0.25, 0.3) is 0 Å². The highest BCUT2D eigenvalue weighted by Crippen LogP contribution is 2.33. The summed E-state index contributed by atoms with van der Waals surface area (Å²) in [5, 5.41) is 3.21. The SMILES string of the molecule is CC1CCN(CCNc2nccn(C3CC3)c2=O)CC1. The van der Waals surface area contributed by atoms with Gasteiger partial charge < -0.3 is 14.8 Å². The highest BCUT2D eigenvalue weighted by atomic mass is 16.1. The van der Waals surface area contributed by atoms with Crippen LogP contribution in [0.15, 0.2) is 17.2 Å². The van der Waals surface area contributed by atoms with Gasteiger partial charge in [0.1, 0.15) is 0 Å². The fourth-order valence-electron chi connectivity index (χ4n) is 2.80. The monoisotopic (exact) mass is 276 g/mol. The van der Waals surface area contributed by atoms with Crippen molar-refractivity contribution in [2.45, 2.75) is 38.6 Å². The Kier molecular flexibility index (Phi) is 4.05. The maximum Gasteiger partial charge on any atom is 0.293 e. The van der Waals surface area contributed by atoms with Gasteiger partial charge in [-0.2, -0.15) is 0 Å². The van der Waals surface area contributed by atoms with E-state index < -0.39 is 0 Å². The van der Waals surface area contributed by atoms with Crippen LogP contribution in [0.3, 0.4) is 0 Å². The van der Waals surface area contributed by atoms with E-state index in [1.807, 2.05) is 4.57 Å². The molecule has 0 unspecified atom stereocenters. The Balaban J connectivity index is 1.51. The van der Waals surface area contributed by atoms with Gasteiger partial charge in [0.05, 0.1) is 0 Å². The number of piperidine rings is 1. The molecule has 2 aliphatic rings. The summed E-state index contributed by atoms with van der Waals surface area (Å²) < 4.78 is 1.82. The van der Waals surface area contributed by atoms with Gasteiger partial charge in [0.2, 0.25) is 0 Å². The Morgan fingerprint density at radius 2 is 2.05 bits per heavy atom. The Hall–Kier alpha value is -1.36. The molecule has 3 rings (SSSR count). The number of nitrogens with one attached hydrogen (secondary N) is 1. The Labute approximate surface area is 120 Å². The lowest BCUT2D eigenvalue weighted by atomic mass is 9.99. The molecule has 0 bridgehead atoms. The molecule has 0 aromatic carbocycles. The van der Waals surface area contributed by atoms with E-state index in [0.29, 0.717) is 11.9 Å². The van der Waals surface area contributed by atoms with Crippen molar-refractivity contribution in [3.8, 4) is 0 Å². The molecule has 2 fully saturated rings. The van der Waals surface area contributed by atoms with Gasteiger partial charge in [-0.1, -0.05) is 6.92 Å². The van der Waals surface area contributed by atoms with E-state index in [9.17, 15) is 4.79 Å². The second-order valence-corrected chi connectivity index (χ2v) is 6.17. The molecule has 1 aromatic heterocycles. The average molecular weight is 276 g/mol. The summed E-state index contributed by atoms with van der Waals surface area (Å²) in [5.74, 6) is 1.37. The Morgan fingerprint density at radius 1 is 1.30 bits per heavy atom. The third-order valence-electron chi connectivity index (χ3n) is 4.40. The highest BCUT2D eigenvalue weighted by Gasteiger charge is 2.25. The lowest BCUT2D eigenvalue weighted by molar-refractivity contribution is 0.199. The molecule has 1 aromatic rings. The minimum absolute atomic E-state index is 0.0299. The molecule has 1 aliphatic heterocycles.